The molecular formula is C25H26N2O3. The van der Waals surface area contributed by atoms with Gasteiger partial charge in [-0.1, -0.05) is 60.7 Å². The first-order chi connectivity index (χ1) is 14.6. The largest absolute Gasteiger partial charge is 0.483 e. The summed E-state index contributed by atoms with van der Waals surface area (Å²) in [5, 5.41) is 2.59. The first-order valence-corrected chi connectivity index (χ1v) is 9.86. The van der Waals surface area contributed by atoms with Gasteiger partial charge in [0.15, 0.2) is 6.61 Å². The molecule has 0 aliphatic carbocycles. The Bertz CT molecular complexity index is 985. The lowest BCUT2D eigenvalue weighted by molar-refractivity contribution is -0.132. The molecule has 3 aromatic carbocycles. The number of amides is 2. The maximum Gasteiger partial charge on any atom is 0.260 e. The van der Waals surface area contributed by atoms with Crippen LogP contribution in [-0.4, -0.2) is 37.4 Å². The highest BCUT2D eigenvalue weighted by molar-refractivity contribution is 5.93. The highest BCUT2D eigenvalue weighted by Gasteiger charge is 2.12. The summed E-state index contributed by atoms with van der Waals surface area (Å²) in [6.07, 6.45) is 0.749. The van der Waals surface area contributed by atoms with Gasteiger partial charge in [-0.3, -0.25) is 9.59 Å². The Morgan fingerprint density at radius 2 is 1.53 bits per heavy atom. The van der Waals surface area contributed by atoms with Gasteiger partial charge in [0.1, 0.15) is 5.75 Å². The van der Waals surface area contributed by atoms with Crippen molar-refractivity contribution in [3.63, 3.8) is 0 Å². The molecule has 0 aliphatic rings. The zero-order chi connectivity index (χ0) is 21.3. The lowest BCUT2D eigenvalue weighted by Gasteiger charge is -2.18. The Labute approximate surface area is 177 Å². The van der Waals surface area contributed by atoms with Crippen LogP contribution in [0.4, 0.5) is 0 Å². The Kier molecular flexibility index (Phi) is 7.22. The third-order valence-electron chi connectivity index (χ3n) is 4.85. The predicted molar refractivity (Wildman–Crippen MR) is 117 cm³/mol. The Morgan fingerprint density at radius 1 is 0.867 bits per heavy atom. The second-order valence-corrected chi connectivity index (χ2v) is 7.08. The molecule has 0 spiro atoms. The Balaban J connectivity index is 1.57. The second-order valence-electron chi connectivity index (χ2n) is 7.08. The van der Waals surface area contributed by atoms with Gasteiger partial charge in [-0.05, 0) is 34.9 Å². The third kappa shape index (κ3) is 5.70. The zero-order valence-corrected chi connectivity index (χ0v) is 17.3. The van der Waals surface area contributed by atoms with Crippen molar-refractivity contribution in [3.05, 3.63) is 101 Å². The average Bonchev–Trinajstić information content (AvgIpc) is 2.79. The molecule has 1 N–H and O–H groups in total. The summed E-state index contributed by atoms with van der Waals surface area (Å²) in [4.78, 5) is 25.8. The number of para-hydroxylation sites is 1. The molecule has 5 heteroatoms. The van der Waals surface area contributed by atoms with Crippen molar-refractivity contribution >= 4 is 11.8 Å². The van der Waals surface area contributed by atoms with Gasteiger partial charge in [-0.2, -0.15) is 0 Å². The van der Waals surface area contributed by atoms with Crippen LogP contribution in [0.2, 0.25) is 0 Å². The van der Waals surface area contributed by atoms with Gasteiger partial charge >= 0.3 is 0 Å². The van der Waals surface area contributed by atoms with Crippen molar-refractivity contribution in [2.45, 2.75) is 13.0 Å². The van der Waals surface area contributed by atoms with Gasteiger partial charge in [-0.25, -0.2) is 0 Å². The number of hydrogen-bond donors (Lipinski definition) is 1. The number of nitrogens with one attached hydrogen (secondary N) is 1. The lowest BCUT2D eigenvalue weighted by Crippen LogP contribution is -2.31. The van der Waals surface area contributed by atoms with Crippen molar-refractivity contribution in [2.24, 2.45) is 0 Å². The van der Waals surface area contributed by atoms with E-state index in [-0.39, 0.29) is 18.4 Å². The van der Waals surface area contributed by atoms with Gasteiger partial charge in [0.25, 0.3) is 11.8 Å². The van der Waals surface area contributed by atoms with Crippen molar-refractivity contribution in [2.75, 3.05) is 20.7 Å². The van der Waals surface area contributed by atoms with E-state index in [1.807, 2.05) is 54.6 Å². The molecule has 0 heterocycles. The zero-order valence-electron chi connectivity index (χ0n) is 17.3. The topological polar surface area (TPSA) is 58.6 Å². The molecule has 2 amide bonds. The van der Waals surface area contributed by atoms with Gasteiger partial charge < -0.3 is 15.0 Å². The summed E-state index contributed by atoms with van der Waals surface area (Å²) in [6.45, 7) is 0.417. The molecule has 0 unspecified atom stereocenters. The summed E-state index contributed by atoms with van der Waals surface area (Å²) in [6, 6.07) is 25.2. The summed E-state index contributed by atoms with van der Waals surface area (Å²) in [5.74, 6) is 0.478. The van der Waals surface area contributed by atoms with Gasteiger partial charge in [-0.15, -0.1) is 0 Å². The molecular weight excluding hydrogens is 376 g/mol. The van der Waals surface area contributed by atoms with Crippen LogP contribution >= 0.6 is 0 Å². The van der Waals surface area contributed by atoms with Crippen LogP contribution in [0, 0.1) is 0 Å². The minimum absolute atomic E-state index is 0.0291. The van der Waals surface area contributed by atoms with Crippen LogP contribution in [0.1, 0.15) is 27.0 Å². The molecule has 154 valence electrons. The minimum atomic E-state index is -0.131. The number of ether oxygens (including phenoxy) is 1. The van der Waals surface area contributed by atoms with Gasteiger partial charge in [0.2, 0.25) is 0 Å². The Morgan fingerprint density at radius 3 is 2.23 bits per heavy atom. The van der Waals surface area contributed by atoms with Crippen LogP contribution in [0.3, 0.4) is 0 Å². The molecule has 0 saturated carbocycles. The molecule has 0 aromatic heterocycles. The monoisotopic (exact) mass is 402 g/mol. The van der Waals surface area contributed by atoms with E-state index in [1.54, 1.807) is 31.1 Å². The van der Waals surface area contributed by atoms with E-state index in [1.165, 1.54) is 5.56 Å². The van der Waals surface area contributed by atoms with E-state index in [9.17, 15) is 9.59 Å². The summed E-state index contributed by atoms with van der Waals surface area (Å²) < 4.78 is 5.85. The summed E-state index contributed by atoms with van der Waals surface area (Å²) in [5.41, 5.74) is 3.78. The van der Waals surface area contributed by atoms with E-state index >= 15 is 0 Å². The quantitative estimate of drug-likeness (QED) is 0.625. The number of carbonyl (C=O) groups is 2. The fourth-order valence-electron chi connectivity index (χ4n) is 3.12. The van der Waals surface area contributed by atoms with Gasteiger partial charge in [0, 0.05) is 32.6 Å². The second kappa shape index (κ2) is 10.3. The SMILES string of the molecule is CNC(=O)c1ccc(CN(C)C(=O)COc2ccccc2Cc2ccccc2)cc1. The molecule has 0 fully saturated rings. The molecule has 0 aliphatic heterocycles. The first-order valence-electron chi connectivity index (χ1n) is 9.86. The smallest absolute Gasteiger partial charge is 0.260 e. The standard InChI is InChI=1S/C25H26N2O3/c1-26-25(29)21-14-12-20(13-15-21)17-27(2)24(28)18-30-23-11-7-6-10-22(23)16-19-8-4-3-5-9-19/h3-15H,16-18H2,1-2H3,(H,26,29). The number of hydrogen-bond acceptors (Lipinski definition) is 3. The number of nitrogens with zero attached hydrogens (tertiary/aromatic N) is 1. The van der Waals surface area contributed by atoms with E-state index in [2.05, 4.69) is 17.4 Å². The van der Waals surface area contributed by atoms with E-state index in [0.717, 1.165) is 23.3 Å². The van der Waals surface area contributed by atoms with Gasteiger partial charge in [0.05, 0.1) is 0 Å². The van der Waals surface area contributed by atoms with Crippen LogP contribution in [-0.2, 0) is 17.8 Å². The van der Waals surface area contributed by atoms with Crippen LogP contribution in [0.5, 0.6) is 5.75 Å². The Hall–Kier alpha value is -3.60. The molecule has 0 atom stereocenters. The molecule has 3 aromatic rings. The number of benzene rings is 3. The van der Waals surface area contributed by atoms with Crippen LogP contribution < -0.4 is 10.1 Å². The highest BCUT2D eigenvalue weighted by atomic mass is 16.5. The van der Waals surface area contributed by atoms with Crippen LogP contribution in [0.15, 0.2) is 78.9 Å². The molecule has 0 saturated heterocycles. The third-order valence-corrected chi connectivity index (χ3v) is 4.85. The molecule has 0 bridgehead atoms. The van der Waals surface area contributed by atoms with E-state index < -0.39 is 0 Å². The summed E-state index contributed by atoms with van der Waals surface area (Å²) >= 11 is 0. The van der Waals surface area contributed by atoms with Crippen molar-refractivity contribution in [3.8, 4) is 5.75 Å². The predicted octanol–water partition coefficient (Wildman–Crippen LogP) is 3.67. The van der Waals surface area contributed by atoms with Crippen LogP contribution in [0.25, 0.3) is 0 Å². The minimum Gasteiger partial charge on any atom is -0.483 e. The lowest BCUT2D eigenvalue weighted by atomic mass is 10.0. The van der Waals surface area contributed by atoms with Crippen molar-refractivity contribution < 1.29 is 14.3 Å². The maximum absolute atomic E-state index is 12.5. The number of carbonyl (C=O) groups excluding carboxylic acids is 2. The van der Waals surface area contributed by atoms with E-state index in [4.69, 9.17) is 4.74 Å². The molecule has 30 heavy (non-hydrogen) atoms. The average molecular weight is 402 g/mol. The molecule has 5 nitrogen and oxygen atoms in total. The highest BCUT2D eigenvalue weighted by Crippen LogP contribution is 2.21. The van der Waals surface area contributed by atoms with E-state index in [0.29, 0.717) is 12.1 Å². The van der Waals surface area contributed by atoms with Crippen molar-refractivity contribution in [1.82, 2.24) is 10.2 Å². The molecule has 3 rings (SSSR count). The maximum atomic E-state index is 12.5. The normalized spacial score (nSPS) is 10.3. The fourth-order valence-corrected chi connectivity index (χ4v) is 3.12. The van der Waals surface area contributed by atoms with Crippen molar-refractivity contribution in [1.29, 1.82) is 0 Å². The summed E-state index contributed by atoms with van der Waals surface area (Å²) in [7, 11) is 3.34. The fraction of sp³-hybridized carbons (Fsp3) is 0.200. The molecule has 0 radical (unpaired) electrons. The number of likely N-dealkylation sites (N-methyl/N-ethyl adjacent to an activating group) is 1. The number of rotatable bonds is 8. The first kappa shape index (κ1) is 21.1.